The molecule has 0 saturated carbocycles. The molecular weight excluding hydrogens is 398 g/mol. The highest BCUT2D eigenvalue weighted by molar-refractivity contribution is 6.00. The number of amides is 1. The zero-order chi connectivity index (χ0) is 22.9. The van der Waals surface area contributed by atoms with Crippen molar-refractivity contribution < 1.29 is 14.3 Å². The van der Waals surface area contributed by atoms with E-state index in [2.05, 4.69) is 26.0 Å². The molecule has 3 aromatic rings. The summed E-state index contributed by atoms with van der Waals surface area (Å²) in [4.78, 5) is 27.1. The van der Waals surface area contributed by atoms with Gasteiger partial charge in [0.25, 0.3) is 0 Å². The van der Waals surface area contributed by atoms with E-state index >= 15 is 0 Å². The average molecular weight is 428 g/mol. The second-order valence-electron chi connectivity index (χ2n) is 9.13. The molecule has 3 aromatic carbocycles. The molecule has 0 N–H and O–H groups in total. The van der Waals surface area contributed by atoms with Gasteiger partial charge in [-0.25, -0.2) is 0 Å². The van der Waals surface area contributed by atoms with E-state index in [0.717, 1.165) is 22.4 Å². The van der Waals surface area contributed by atoms with Gasteiger partial charge in [-0.15, -0.1) is 0 Å². The largest absolute Gasteiger partial charge is 0.426 e. The second kappa shape index (κ2) is 8.62. The van der Waals surface area contributed by atoms with Gasteiger partial charge in [-0.1, -0.05) is 68.4 Å². The summed E-state index contributed by atoms with van der Waals surface area (Å²) in [5, 5.41) is 0. The van der Waals surface area contributed by atoms with Gasteiger partial charge in [-0.05, 0) is 54.3 Å². The van der Waals surface area contributed by atoms with E-state index in [4.69, 9.17) is 4.74 Å². The summed E-state index contributed by atoms with van der Waals surface area (Å²) in [6, 6.07) is 24.0. The Morgan fingerprint density at radius 1 is 0.938 bits per heavy atom. The summed E-state index contributed by atoms with van der Waals surface area (Å²) < 4.78 is 5.64. The van der Waals surface area contributed by atoms with Gasteiger partial charge in [0.05, 0.1) is 5.92 Å². The molecule has 1 amide bonds. The molecule has 0 spiro atoms. The van der Waals surface area contributed by atoms with Gasteiger partial charge >= 0.3 is 5.97 Å². The monoisotopic (exact) mass is 427 g/mol. The third-order valence-corrected chi connectivity index (χ3v) is 6.40. The van der Waals surface area contributed by atoms with Crippen LogP contribution in [0.2, 0.25) is 0 Å². The number of benzene rings is 3. The molecule has 0 bridgehead atoms. The minimum atomic E-state index is -0.470. The SMILES string of the molecule is Cc1ccc(C)c(N2C[C@H](C(=O)Oc3ccc(C(C)(C)c4ccccc4)cc3)CC2=O)c1. The van der Waals surface area contributed by atoms with Gasteiger partial charge < -0.3 is 9.64 Å². The van der Waals surface area contributed by atoms with Crippen LogP contribution in [0.1, 0.15) is 42.5 Å². The van der Waals surface area contributed by atoms with E-state index in [9.17, 15) is 9.59 Å². The van der Waals surface area contributed by atoms with Crippen LogP contribution in [-0.2, 0) is 15.0 Å². The number of hydrogen-bond acceptors (Lipinski definition) is 3. The molecule has 0 unspecified atom stereocenters. The van der Waals surface area contributed by atoms with Crippen molar-refractivity contribution in [2.75, 3.05) is 11.4 Å². The van der Waals surface area contributed by atoms with Gasteiger partial charge in [0.1, 0.15) is 5.75 Å². The fraction of sp³-hybridized carbons (Fsp3) is 0.286. The van der Waals surface area contributed by atoms with Crippen molar-refractivity contribution in [3.8, 4) is 5.75 Å². The lowest BCUT2D eigenvalue weighted by Crippen LogP contribution is -2.28. The summed E-state index contributed by atoms with van der Waals surface area (Å²) in [6.07, 6.45) is 0.172. The Morgan fingerprint density at radius 3 is 2.28 bits per heavy atom. The second-order valence-corrected chi connectivity index (χ2v) is 9.13. The number of anilines is 1. The number of hydrogen-bond donors (Lipinski definition) is 0. The quantitative estimate of drug-likeness (QED) is 0.394. The third-order valence-electron chi connectivity index (χ3n) is 6.40. The molecule has 4 rings (SSSR count). The van der Waals surface area contributed by atoms with Gasteiger partial charge in [0.15, 0.2) is 0 Å². The molecule has 1 fully saturated rings. The fourth-order valence-corrected chi connectivity index (χ4v) is 4.27. The van der Waals surface area contributed by atoms with Gasteiger partial charge in [0, 0.05) is 24.1 Å². The Hall–Kier alpha value is -3.40. The van der Waals surface area contributed by atoms with Crippen LogP contribution in [0.25, 0.3) is 0 Å². The Balaban J connectivity index is 1.44. The van der Waals surface area contributed by atoms with E-state index in [1.807, 2.05) is 74.5 Å². The number of rotatable bonds is 5. The van der Waals surface area contributed by atoms with Crippen molar-refractivity contribution in [2.24, 2.45) is 5.92 Å². The molecule has 1 saturated heterocycles. The summed E-state index contributed by atoms with van der Waals surface area (Å²) >= 11 is 0. The van der Waals surface area contributed by atoms with Crippen molar-refractivity contribution in [1.29, 1.82) is 0 Å². The lowest BCUT2D eigenvalue weighted by atomic mass is 9.78. The van der Waals surface area contributed by atoms with Crippen LogP contribution >= 0.6 is 0 Å². The minimum absolute atomic E-state index is 0.0411. The molecule has 0 radical (unpaired) electrons. The number of carbonyl (C=O) groups excluding carboxylic acids is 2. The smallest absolute Gasteiger partial charge is 0.316 e. The highest BCUT2D eigenvalue weighted by atomic mass is 16.5. The predicted octanol–water partition coefficient (Wildman–Crippen LogP) is 5.59. The molecular formula is C28H29NO3. The maximum absolute atomic E-state index is 12.8. The molecule has 1 atom stereocenters. The van der Waals surface area contributed by atoms with E-state index in [-0.39, 0.29) is 23.7 Å². The third kappa shape index (κ3) is 4.31. The molecule has 1 aliphatic heterocycles. The molecule has 1 aliphatic rings. The topological polar surface area (TPSA) is 46.6 Å². The zero-order valence-corrected chi connectivity index (χ0v) is 19.1. The first kappa shape index (κ1) is 21.8. The Labute approximate surface area is 189 Å². The normalized spacial score (nSPS) is 16.3. The summed E-state index contributed by atoms with van der Waals surface area (Å²) in [6.45, 7) is 8.68. The van der Waals surface area contributed by atoms with Crippen LogP contribution in [0.15, 0.2) is 72.8 Å². The van der Waals surface area contributed by atoms with Crippen LogP contribution in [0.4, 0.5) is 5.69 Å². The first-order valence-electron chi connectivity index (χ1n) is 11.0. The minimum Gasteiger partial charge on any atom is -0.426 e. The van der Waals surface area contributed by atoms with Crippen LogP contribution < -0.4 is 9.64 Å². The fourth-order valence-electron chi connectivity index (χ4n) is 4.27. The maximum atomic E-state index is 12.8. The molecule has 164 valence electrons. The number of esters is 1. The molecule has 32 heavy (non-hydrogen) atoms. The average Bonchev–Trinajstić information content (AvgIpc) is 3.18. The van der Waals surface area contributed by atoms with Crippen LogP contribution in [0.5, 0.6) is 5.75 Å². The highest BCUT2D eigenvalue weighted by Crippen LogP contribution is 2.33. The van der Waals surface area contributed by atoms with Gasteiger partial charge in [-0.2, -0.15) is 0 Å². The summed E-state index contributed by atoms with van der Waals surface area (Å²) in [5.74, 6) is -0.370. The number of ether oxygens (including phenoxy) is 1. The van der Waals surface area contributed by atoms with Crippen molar-refractivity contribution in [1.82, 2.24) is 0 Å². The molecule has 0 aliphatic carbocycles. The Bertz CT molecular complexity index is 1130. The van der Waals surface area contributed by atoms with Crippen molar-refractivity contribution in [2.45, 2.75) is 39.5 Å². The molecule has 0 aromatic heterocycles. The van der Waals surface area contributed by atoms with E-state index < -0.39 is 5.92 Å². The van der Waals surface area contributed by atoms with Crippen LogP contribution in [-0.4, -0.2) is 18.4 Å². The Kier molecular flexibility index (Phi) is 5.88. The standard InChI is InChI=1S/C28H29NO3/c1-19-10-11-20(2)25(16-19)29-18-21(17-26(29)30)27(31)32-24-14-12-23(13-15-24)28(3,4)22-8-6-5-7-9-22/h5-16,21H,17-18H2,1-4H3/t21-/m1/s1. The van der Waals surface area contributed by atoms with Crippen LogP contribution in [0, 0.1) is 19.8 Å². The van der Waals surface area contributed by atoms with E-state index in [0.29, 0.717) is 12.3 Å². The summed E-state index contributed by atoms with van der Waals surface area (Å²) in [5.41, 5.74) is 5.19. The first-order chi connectivity index (χ1) is 15.3. The van der Waals surface area contributed by atoms with E-state index in [1.165, 1.54) is 5.56 Å². The number of carbonyl (C=O) groups is 2. The lowest BCUT2D eigenvalue weighted by molar-refractivity contribution is -0.139. The van der Waals surface area contributed by atoms with Crippen molar-refractivity contribution in [3.63, 3.8) is 0 Å². The predicted molar refractivity (Wildman–Crippen MR) is 127 cm³/mol. The van der Waals surface area contributed by atoms with Crippen molar-refractivity contribution in [3.05, 3.63) is 95.1 Å². The van der Waals surface area contributed by atoms with E-state index in [1.54, 1.807) is 4.90 Å². The Morgan fingerprint density at radius 2 is 1.59 bits per heavy atom. The van der Waals surface area contributed by atoms with Crippen molar-refractivity contribution >= 4 is 17.6 Å². The number of aryl methyl sites for hydroxylation is 2. The molecule has 4 nitrogen and oxygen atoms in total. The summed E-state index contributed by atoms with van der Waals surface area (Å²) in [7, 11) is 0. The number of nitrogens with zero attached hydrogens (tertiary/aromatic N) is 1. The maximum Gasteiger partial charge on any atom is 0.316 e. The van der Waals surface area contributed by atoms with Gasteiger partial charge in [-0.3, -0.25) is 9.59 Å². The highest BCUT2D eigenvalue weighted by Gasteiger charge is 2.37. The zero-order valence-electron chi connectivity index (χ0n) is 19.1. The van der Waals surface area contributed by atoms with Gasteiger partial charge in [0.2, 0.25) is 5.91 Å². The lowest BCUT2D eigenvalue weighted by Gasteiger charge is -2.26. The molecule has 1 heterocycles. The molecule has 4 heteroatoms. The van der Waals surface area contributed by atoms with Crippen LogP contribution in [0.3, 0.4) is 0 Å². The first-order valence-corrected chi connectivity index (χ1v) is 11.0.